The molecule has 1 aromatic carbocycles. The number of amides is 1. The van der Waals surface area contributed by atoms with Crippen LogP contribution in [0.15, 0.2) is 30.5 Å². The van der Waals surface area contributed by atoms with Gasteiger partial charge in [0.1, 0.15) is 18.5 Å². The Morgan fingerprint density at radius 3 is 2.64 bits per heavy atom. The van der Waals surface area contributed by atoms with Gasteiger partial charge in [0, 0.05) is 12.6 Å². The molecule has 0 aliphatic carbocycles. The van der Waals surface area contributed by atoms with Crippen LogP contribution >= 0.6 is 0 Å². The fourth-order valence-corrected chi connectivity index (χ4v) is 1.90. The minimum atomic E-state index is -0.589. The van der Waals surface area contributed by atoms with Crippen LogP contribution in [-0.4, -0.2) is 27.0 Å². The lowest BCUT2D eigenvalue weighted by Gasteiger charge is -2.07. The quantitative estimate of drug-likeness (QED) is 0.651. The predicted molar refractivity (Wildman–Crippen MR) is 79.9 cm³/mol. The number of nitro groups is 1. The van der Waals surface area contributed by atoms with Gasteiger partial charge < -0.3 is 20.2 Å². The summed E-state index contributed by atoms with van der Waals surface area (Å²) in [7, 11) is 0. The molecule has 0 atom stereocenters. The van der Waals surface area contributed by atoms with E-state index in [1.807, 2.05) is 6.92 Å². The molecule has 1 aromatic heterocycles. The predicted octanol–water partition coefficient (Wildman–Crippen LogP) is 2.14. The molecule has 116 valence electrons. The van der Waals surface area contributed by atoms with Gasteiger partial charge >= 0.3 is 5.82 Å². The maximum Gasteiger partial charge on any atom is 0.381 e. The molecule has 0 radical (unpaired) electrons. The lowest BCUT2D eigenvalue weighted by Crippen LogP contribution is -2.19. The van der Waals surface area contributed by atoms with E-state index < -0.39 is 4.92 Å². The summed E-state index contributed by atoms with van der Waals surface area (Å²) in [5.74, 6) is 0.570. The molecule has 0 bridgehead atoms. The number of anilines is 1. The second-order valence-electron chi connectivity index (χ2n) is 4.54. The third-order valence-electron chi connectivity index (χ3n) is 2.91. The molecule has 0 saturated heterocycles. The largest absolute Gasteiger partial charge is 0.494 e. The van der Waals surface area contributed by atoms with Crippen LogP contribution in [-0.2, 0) is 11.3 Å². The monoisotopic (exact) mass is 304 g/mol. The Balaban J connectivity index is 1.99. The van der Waals surface area contributed by atoms with Crippen LogP contribution in [0.3, 0.4) is 0 Å². The number of nitrogens with zero attached hydrogens (tertiary/aromatic N) is 3. The van der Waals surface area contributed by atoms with Gasteiger partial charge in [-0.2, -0.15) is 0 Å². The van der Waals surface area contributed by atoms with Crippen LogP contribution < -0.4 is 10.1 Å². The van der Waals surface area contributed by atoms with Crippen LogP contribution in [0.4, 0.5) is 11.5 Å². The topological polar surface area (TPSA) is 99.3 Å². The van der Waals surface area contributed by atoms with E-state index in [9.17, 15) is 14.9 Å². The van der Waals surface area contributed by atoms with Gasteiger partial charge in [-0.1, -0.05) is 0 Å². The van der Waals surface area contributed by atoms with Crippen LogP contribution in [0.5, 0.6) is 5.75 Å². The number of benzene rings is 1. The summed E-state index contributed by atoms with van der Waals surface area (Å²) in [5, 5.41) is 13.4. The maximum atomic E-state index is 12.0. The number of hydrogen-bond acceptors (Lipinski definition) is 5. The first-order valence-electron chi connectivity index (χ1n) is 6.70. The van der Waals surface area contributed by atoms with E-state index in [4.69, 9.17) is 4.74 Å². The maximum absolute atomic E-state index is 12.0. The van der Waals surface area contributed by atoms with E-state index in [2.05, 4.69) is 10.3 Å². The minimum Gasteiger partial charge on any atom is -0.494 e. The fraction of sp³-hybridized carbons (Fsp3) is 0.286. The van der Waals surface area contributed by atoms with Gasteiger partial charge in [-0.3, -0.25) is 9.36 Å². The molecule has 0 spiro atoms. The van der Waals surface area contributed by atoms with E-state index in [1.165, 1.54) is 10.8 Å². The van der Waals surface area contributed by atoms with E-state index in [0.717, 1.165) is 5.75 Å². The highest BCUT2D eigenvalue weighted by molar-refractivity contribution is 5.90. The molecule has 1 N–H and O–H groups in total. The van der Waals surface area contributed by atoms with Crippen LogP contribution in [0.2, 0.25) is 0 Å². The Morgan fingerprint density at radius 1 is 1.41 bits per heavy atom. The molecule has 0 fully saturated rings. The Bertz CT molecular complexity index is 679. The molecule has 0 saturated carbocycles. The van der Waals surface area contributed by atoms with Crippen molar-refractivity contribution in [1.29, 1.82) is 0 Å². The lowest BCUT2D eigenvalue weighted by atomic mass is 10.3. The van der Waals surface area contributed by atoms with Crippen molar-refractivity contribution in [3.8, 4) is 5.75 Å². The van der Waals surface area contributed by atoms with Gasteiger partial charge in [0.15, 0.2) is 0 Å². The molecule has 0 aliphatic rings. The lowest BCUT2D eigenvalue weighted by molar-refractivity contribution is -0.389. The Kier molecular flexibility index (Phi) is 4.72. The van der Waals surface area contributed by atoms with Crippen molar-refractivity contribution >= 4 is 17.4 Å². The number of carbonyl (C=O) groups is 1. The molecule has 2 aromatic rings. The van der Waals surface area contributed by atoms with Crippen molar-refractivity contribution in [2.75, 3.05) is 11.9 Å². The smallest absolute Gasteiger partial charge is 0.381 e. The summed E-state index contributed by atoms with van der Waals surface area (Å²) in [6.07, 6.45) is 1.24. The van der Waals surface area contributed by atoms with E-state index in [-0.39, 0.29) is 18.3 Å². The van der Waals surface area contributed by atoms with Crippen LogP contribution in [0.1, 0.15) is 12.7 Å². The third kappa shape index (κ3) is 3.81. The van der Waals surface area contributed by atoms with Crippen molar-refractivity contribution < 1.29 is 14.5 Å². The number of ether oxygens (including phenoxy) is 1. The molecule has 1 amide bonds. The van der Waals surface area contributed by atoms with E-state index in [1.54, 1.807) is 31.2 Å². The molecular formula is C14H16N4O4. The highest BCUT2D eigenvalue weighted by atomic mass is 16.6. The number of rotatable bonds is 6. The van der Waals surface area contributed by atoms with Gasteiger partial charge in [-0.05, 0) is 41.1 Å². The molecule has 22 heavy (non-hydrogen) atoms. The van der Waals surface area contributed by atoms with Gasteiger partial charge in [-0.25, -0.2) is 0 Å². The zero-order chi connectivity index (χ0) is 16.1. The number of carbonyl (C=O) groups excluding carboxylic acids is 1. The zero-order valence-corrected chi connectivity index (χ0v) is 12.3. The first-order valence-corrected chi connectivity index (χ1v) is 6.70. The van der Waals surface area contributed by atoms with Crippen LogP contribution in [0.25, 0.3) is 0 Å². The summed E-state index contributed by atoms with van der Waals surface area (Å²) in [4.78, 5) is 25.8. The molecular weight excluding hydrogens is 288 g/mol. The highest BCUT2D eigenvalue weighted by Gasteiger charge is 2.16. The Morgan fingerprint density at radius 2 is 2.09 bits per heavy atom. The molecule has 8 nitrogen and oxygen atoms in total. The number of aromatic nitrogens is 2. The molecule has 2 rings (SSSR count). The number of imidazole rings is 1. The SMILES string of the molecule is CCOc1ccc(NC(=O)Cn2cc([N+](=O)[O-])nc2C)cc1. The standard InChI is InChI=1S/C14H16N4O4/c1-3-22-12-6-4-11(5-7-12)16-14(19)9-17-8-13(18(20)21)15-10(17)2/h4-8H,3,9H2,1-2H3,(H,16,19). The average Bonchev–Trinajstić information content (AvgIpc) is 2.83. The molecule has 0 aliphatic heterocycles. The van der Waals surface area contributed by atoms with Crippen molar-refractivity contribution in [2.45, 2.75) is 20.4 Å². The summed E-state index contributed by atoms with van der Waals surface area (Å²) < 4.78 is 6.75. The third-order valence-corrected chi connectivity index (χ3v) is 2.91. The second-order valence-corrected chi connectivity index (χ2v) is 4.54. The Hall–Kier alpha value is -2.90. The van der Waals surface area contributed by atoms with E-state index in [0.29, 0.717) is 18.1 Å². The molecule has 1 heterocycles. The van der Waals surface area contributed by atoms with Crippen molar-refractivity contribution in [3.05, 3.63) is 46.4 Å². The normalized spacial score (nSPS) is 10.3. The summed E-state index contributed by atoms with van der Waals surface area (Å²) in [5.41, 5.74) is 0.626. The number of aryl methyl sites for hydroxylation is 1. The minimum absolute atomic E-state index is 0.0418. The number of nitrogens with one attached hydrogen (secondary N) is 1. The van der Waals surface area contributed by atoms with Crippen molar-refractivity contribution in [2.24, 2.45) is 0 Å². The first-order chi connectivity index (χ1) is 10.5. The average molecular weight is 304 g/mol. The van der Waals surface area contributed by atoms with Gasteiger partial charge in [0.05, 0.1) is 6.61 Å². The summed E-state index contributed by atoms with van der Waals surface area (Å²) in [6.45, 7) is 4.03. The highest BCUT2D eigenvalue weighted by Crippen LogP contribution is 2.16. The second kappa shape index (κ2) is 6.70. The molecule has 0 unspecified atom stereocenters. The zero-order valence-electron chi connectivity index (χ0n) is 12.3. The van der Waals surface area contributed by atoms with Gasteiger partial charge in [0.2, 0.25) is 11.7 Å². The van der Waals surface area contributed by atoms with Gasteiger partial charge in [0.25, 0.3) is 0 Å². The van der Waals surface area contributed by atoms with E-state index >= 15 is 0 Å². The molecule has 8 heteroatoms. The van der Waals surface area contributed by atoms with Crippen LogP contribution in [0, 0.1) is 17.0 Å². The summed E-state index contributed by atoms with van der Waals surface area (Å²) in [6, 6.07) is 6.97. The van der Waals surface area contributed by atoms with Gasteiger partial charge in [-0.15, -0.1) is 0 Å². The Labute approximate surface area is 126 Å². The summed E-state index contributed by atoms with van der Waals surface area (Å²) >= 11 is 0. The van der Waals surface area contributed by atoms with Crippen molar-refractivity contribution in [3.63, 3.8) is 0 Å². The fourth-order valence-electron chi connectivity index (χ4n) is 1.90. The first kappa shape index (κ1) is 15.5. The number of hydrogen-bond donors (Lipinski definition) is 1. The van der Waals surface area contributed by atoms with Crippen molar-refractivity contribution in [1.82, 2.24) is 9.55 Å².